The van der Waals surface area contributed by atoms with E-state index in [1.54, 1.807) is 0 Å². The number of nitrogens with zero attached hydrogens (tertiary/aromatic N) is 1. The number of nitrogens with one attached hydrogen (secondary N) is 1. The van der Waals surface area contributed by atoms with Crippen LogP contribution < -0.4 is 20.5 Å². The molecule has 0 radical (unpaired) electrons. The maximum atomic E-state index is 6.03. The normalized spacial score (nSPS) is 14.2. The lowest BCUT2D eigenvalue weighted by atomic mass is 10.1. The number of anilines is 1. The van der Waals surface area contributed by atoms with Crippen molar-refractivity contribution in [3.8, 4) is 11.5 Å². The number of aliphatic imine (C=N–C) groups is 1. The third-order valence-corrected chi connectivity index (χ3v) is 3.77. The molecule has 0 atom stereocenters. The fraction of sp³-hybridized carbons (Fsp3) is 0.316. The molecular formula is C19H23N3O2. The van der Waals surface area contributed by atoms with Crippen LogP contribution in [0.4, 0.5) is 5.69 Å². The van der Waals surface area contributed by atoms with E-state index < -0.39 is 0 Å². The maximum Gasteiger partial charge on any atom is 0.193 e. The van der Waals surface area contributed by atoms with Gasteiger partial charge in [-0.15, -0.1) is 0 Å². The lowest BCUT2D eigenvalue weighted by Gasteiger charge is -2.12. The molecule has 5 nitrogen and oxygen atoms in total. The molecule has 2 aromatic carbocycles. The number of para-hydroxylation sites is 1. The van der Waals surface area contributed by atoms with Gasteiger partial charge in [0, 0.05) is 17.7 Å². The van der Waals surface area contributed by atoms with Crippen LogP contribution in [0.1, 0.15) is 23.1 Å². The third kappa shape index (κ3) is 3.98. The molecule has 24 heavy (non-hydrogen) atoms. The zero-order valence-corrected chi connectivity index (χ0v) is 14.1. The summed E-state index contributed by atoms with van der Waals surface area (Å²) in [4.78, 5) is 4.44. The predicted octanol–water partition coefficient (Wildman–Crippen LogP) is 3.39. The van der Waals surface area contributed by atoms with Crippen LogP contribution in [0.3, 0.4) is 0 Å². The maximum absolute atomic E-state index is 6.03. The molecular weight excluding hydrogens is 302 g/mol. The van der Waals surface area contributed by atoms with Crippen LogP contribution in [-0.2, 0) is 6.54 Å². The molecule has 0 bridgehead atoms. The SMILES string of the molecule is Cc1cc(C)cc(NC(N)=NCc2cccc3c2OCCCO3)c1. The van der Waals surface area contributed by atoms with Crippen molar-refractivity contribution in [1.29, 1.82) is 0 Å². The molecule has 0 fully saturated rings. The van der Waals surface area contributed by atoms with Crippen molar-refractivity contribution in [2.75, 3.05) is 18.5 Å². The highest BCUT2D eigenvalue weighted by Gasteiger charge is 2.14. The minimum atomic E-state index is 0.382. The standard InChI is InChI=1S/C19H23N3O2/c1-13-9-14(2)11-16(10-13)22-19(20)21-12-15-5-3-6-17-18(15)24-8-4-7-23-17/h3,5-6,9-11H,4,7-8,12H2,1-2H3,(H3,20,21,22). The van der Waals surface area contributed by atoms with Gasteiger partial charge in [-0.25, -0.2) is 4.99 Å². The average Bonchev–Trinajstić information content (AvgIpc) is 2.77. The van der Waals surface area contributed by atoms with Gasteiger partial charge in [0.15, 0.2) is 17.5 Å². The molecule has 0 unspecified atom stereocenters. The van der Waals surface area contributed by atoms with Crippen LogP contribution in [0.5, 0.6) is 11.5 Å². The van der Waals surface area contributed by atoms with Crippen molar-refractivity contribution in [2.24, 2.45) is 10.7 Å². The van der Waals surface area contributed by atoms with E-state index in [-0.39, 0.29) is 0 Å². The zero-order valence-electron chi connectivity index (χ0n) is 14.1. The van der Waals surface area contributed by atoms with E-state index in [1.165, 1.54) is 11.1 Å². The summed E-state index contributed by atoms with van der Waals surface area (Å²) < 4.78 is 11.5. The number of nitrogens with two attached hydrogens (primary N) is 1. The van der Waals surface area contributed by atoms with Crippen molar-refractivity contribution in [3.05, 3.63) is 53.1 Å². The van der Waals surface area contributed by atoms with Gasteiger partial charge < -0.3 is 20.5 Å². The monoisotopic (exact) mass is 325 g/mol. The van der Waals surface area contributed by atoms with Gasteiger partial charge in [0.1, 0.15) is 0 Å². The molecule has 3 rings (SSSR count). The smallest absolute Gasteiger partial charge is 0.193 e. The quantitative estimate of drug-likeness (QED) is 0.670. The highest BCUT2D eigenvalue weighted by atomic mass is 16.5. The van der Waals surface area contributed by atoms with Crippen LogP contribution in [-0.4, -0.2) is 19.2 Å². The first kappa shape index (κ1) is 16.2. The minimum absolute atomic E-state index is 0.382. The molecule has 0 spiro atoms. The molecule has 0 aliphatic carbocycles. The Balaban J connectivity index is 1.73. The summed E-state index contributed by atoms with van der Waals surface area (Å²) in [6.45, 7) is 5.89. The topological polar surface area (TPSA) is 68.9 Å². The molecule has 126 valence electrons. The Morgan fingerprint density at radius 2 is 1.88 bits per heavy atom. The van der Waals surface area contributed by atoms with Gasteiger partial charge in [-0.2, -0.15) is 0 Å². The van der Waals surface area contributed by atoms with Gasteiger partial charge in [-0.05, 0) is 43.2 Å². The van der Waals surface area contributed by atoms with Crippen LogP contribution in [0.2, 0.25) is 0 Å². The Labute approximate surface area is 142 Å². The van der Waals surface area contributed by atoms with Crippen LogP contribution in [0.25, 0.3) is 0 Å². The minimum Gasteiger partial charge on any atom is -0.490 e. The van der Waals surface area contributed by atoms with E-state index in [1.807, 2.05) is 30.3 Å². The van der Waals surface area contributed by atoms with Crippen molar-refractivity contribution in [2.45, 2.75) is 26.8 Å². The molecule has 1 aliphatic rings. The molecule has 2 aromatic rings. The van der Waals surface area contributed by atoms with Crippen molar-refractivity contribution < 1.29 is 9.47 Å². The number of hydrogen-bond donors (Lipinski definition) is 2. The van der Waals surface area contributed by atoms with Gasteiger partial charge in [0.25, 0.3) is 0 Å². The molecule has 0 saturated carbocycles. The number of guanidine groups is 1. The second kappa shape index (κ2) is 7.25. The molecule has 1 heterocycles. The van der Waals surface area contributed by atoms with Crippen molar-refractivity contribution in [1.82, 2.24) is 0 Å². The van der Waals surface area contributed by atoms with E-state index >= 15 is 0 Å². The van der Waals surface area contributed by atoms with Gasteiger partial charge in [-0.1, -0.05) is 18.2 Å². The predicted molar refractivity (Wildman–Crippen MR) is 96.9 cm³/mol. The lowest BCUT2D eigenvalue weighted by molar-refractivity contribution is 0.296. The van der Waals surface area contributed by atoms with E-state index in [0.29, 0.717) is 25.7 Å². The van der Waals surface area contributed by atoms with Gasteiger partial charge in [0.2, 0.25) is 0 Å². The molecule has 0 amide bonds. The van der Waals surface area contributed by atoms with Crippen LogP contribution in [0, 0.1) is 13.8 Å². The van der Waals surface area contributed by atoms with E-state index in [9.17, 15) is 0 Å². The Kier molecular flexibility index (Phi) is 4.89. The number of hydrogen-bond acceptors (Lipinski definition) is 3. The molecule has 3 N–H and O–H groups in total. The molecule has 0 aromatic heterocycles. The summed E-state index contributed by atoms with van der Waals surface area (Å²) in [5.41, 5.74) is 10.3. The Bertz CT molecular complexity index is 736. The summed E-state index contributed by atoms with van der Waals surface area (Å²) in [7, 11) is 0. The fourth-order valence-electron chi connectivity index (χ4n) is 2.78. The second-order valence-electron chi connectivity index (χ2n) is 6.00. The summed E-state index contributed by atoms with van der Waals surface area (Å²) in [5, 5.41) is 3.14. The number of benzene rings is 2. The highest BCUT2D eigenvalue weighted by molar-refractivity contribution is 5.92. The van der Waals surface area contributed by atoms with E-state index in [2.05, 4.69) is 30.2 Å². The summed E-state index contributed by atoms with van der Waals surface area (Å²) >= 11 is 0. The third-order valence-electron chi connectivity index (χ3n) is 3.77. The number of aryl methyl sites for hydroxylation is 2. The van der Waals surface area contributed by atoms with Gasteiger partial charge in [0.05, 0.1) is 19.8 Å². The highest BCUT2D eigenvalue weighted by Crippen LogP contribution is 2.33. The second-order valence-corrected chi connectivity index (χ2v) is 6.00. The number of fused-ring (bicyclic) bond motifs is 1. The summed E-state index contributed by atoms with van der Waals surface area (Å²) in [6.07, 6.45) is 0.883. The van der Waals surface area contributed by atoms with E-state index in [4.69, 9.17) is 15.2 Å². The fourth-order valence-corrected chi connectivity index (χ4v) is 2.78. The summed E-state index contributed by atoms with van der Waals surface area (Å²) in [6, 6.07) is 12.1. The first-order valence-electron chi connectivity index (χ1n) is 8.14. The van der Waals surface area contributed by atoms with Crippen LogP contribution >= 0.6 is 0 Å². The summed E-state index contributed by atoms with van der Waals surface area (Å²) in [5.74, 6) is 1.94. The number of ether oxygens (including phenoxy) is 2. The van der Waals surface area contributed by atoms with Crippen molar-refractivity contribution >= 4 is 11.6 Å². The van der Waals surface area contributed by atoms with Gasteiger partial charge in [-0.3, -0.25) is 0 Å². The zero-order chi connectivity index (χ0) is 16.9. The first-order chi connectivity index (χ1) is 11.6. The Morgan fingerprint density at radius 1 is 1.12 bits per heavy atom. The first-order valence-corrected chi connectivity index (χ1v) is 8.14. The van der Waals surface area contributed by atoms with Crippen molar-refractivity contribution in [3.63, 3.8) is 0 Å². The largest absolute Gasteiger partial charge is 0.490 e. The lowest BCUT2D eigenvalue weighted by Crippen LogP contribution is -2.22. The molecule has 5 heteroatoms. The Morgan fingerprint density at radius 3 is 2.67 bits per heavy atom. The Hall–Kier alpha value is -2.69. The van der Waals surface area contributed by atoms with Crippen LogP contribution in [0.15, 0.2) is 41.4 Å². The molecule has 1 aliphatic heterocycles. The van der Waals surface area contributed by atoms with E-state index in [0.717, 1.165) is 29.2 Å². The average molecular weight is 325 g/mol. The molecule has 0 saturated heterocycles. The number of rotatable bonds is 3. The van der Waals surface area contributed by atoms with Gasteiger partial charge >= 0.3 is 0 Å².